The lowest BCUT2D eigenvalue weighted by Crippen LogP contribution is -2.44. The van der Waals surface area contributed by atoms with Gasteiger partial charge in [0.2, 0.25) is 0 Å². The minimum Gasteiger partial charge on any atom is -0.334 e. The van der Waals surface area contributed by atoms with E-state index in [1.165, 1.54) is 0 Å². The summed E-state index contributed by atoms with van der Waals surface area (Å²) in [6, 6.07) is 6.08. The molecular formula is C20H30N2O2. The van der Waals surface area contributed by atoms with Crippen molar-refractivity contribution in [2.75, 3.05) is 18.4 Å². The van der Waals surface area contributed by atoms with Crippen LogP contribution in [0.5, 0.6) is 0 Å². The molecule has 1 N–H and O–H groups in total. The van der Waals surface area contributed by atoms with Crippen LogP contribution in [0.1, 0.15) is 70.4 Å². The summed E-state index contributed by atoms with van der Waals surface area (Å²) >= 11 is 0. The quantitative estimate of drug-likeness (QED) is 0.847. The lowest BCUT2D eigenvalue weighted by molar-refractivity contribution is -0.144. The molecule has 1 aromatic carbocycles. The third-order valence-corrected chi connectivity index (χ3v) is 4.88. The molecule has 0 saturated carbocycles. The van der Waals surface area contributed by atoms with Gasteiger partial charge in [-0.2, -0.15) is 0 Å². The molecule has 1 aliphatic heterocycles. The van der Waals surface area contributed by atoms with Gasteiger partial charge < -0.3 is 10.2 Å². The van der Waals surface area contributed by atoms with Crippen LogP contribution in [-0.2, 0) is 9.59 Å². The maximum absolute atomic E-state index is 12.5. The predicted octanol–water partition coefficient (Wildman–Crippen LogP) is 4.13. The van der Waals surface area contributed by atoms with Crippen molar-refractivity contribution in [3.63, 3.8) is 0 Å². The largest absolute Gasteiger partial charge is 0.334 e. The first-order valence-corrected chi connectivity index (χ1v) is 9.04. The van der Waals surface area contributed by atoms with Crippen LogP contribution in [0.2, 0.25) is 0 Å². The molecule has 0 spiro atoms. The van der Waals surface area contributed by atoms with Gasteiger partial charge in [-0.1, -0.05) is 52.8 Å². The Labute approximate surface area is 145 Å². The maximum Gasteiger partial charge on any atom is 0.313 e. The van der Waals surface area contributed by atoms with Gasteiger partial charge in [-0.3, -0.25) is 9.59 Å². The predicted molar refractivity (Wildman–Crippen MR) is 98.2 cm³/mol. The number of amides is 2. The highest BCUT2D eigenvalue weighted by Gasteiger charge is 2.27. The third kappa shape index (κ3) is 4.16. The van der Waals surface area contributed by atoms with Crippen LogP contribution >= 0.6 is 0 Å². The molecule has 2 rings (SSSR count). The normalized spacial score (nSPS) is 15.9. The first-order chi connectivity index (χ1) is 11.3. The lowest BCUT2D eigenvalue weighted by Gasteiger charge is -2.30. The second-order valence-corrected chi connectivity index (χ2v) is 7.55. The van der Waals surface area contributed by atoms with Gasteiger partial charge in [0.15, 0.2) is 0 Å². The smallest absolute Gasteiger partial charge is 0.313 e. The van der Waals surface area contributed by atoms with Crippen molar-refractivity contribution in [3.05, 3.63) is 29.3 Å². The molecule has 1 aromatic rings. The number of hydrogen-bond donors (Lipinski definition) is 1. The highest BCUT2D eigenvalue weighted by Crippen LogP contribution is 2.32. The van der Waals surface area contributed by atoms with E-state index in [4.69, 9.17) is 0 Å². The topological polar surface area (TPSA) is 49.4 Å². The number of nitrogens with one attached hydrogen (secondary N) is 1. The van der Waals surface area contributed by atoms with E-state index >= 15 is 0 Å². The zero-order chi connectivity index (χ0) is 17.9. The summed E-state index contributed by atoms with van der Waals surface area (Å²) in [5.74, 6) is 0.274. The molecule has 1 saturated heterocycles. The molecule has 0 bridgehead atoms. The molecule has 4 heteroatoms. The van der Waals surface area contributed by atoms with Crippen molar-refractivity contribution in [1.29, 1.82) is 0 Å². The number of rotatable bonds is 3. The second-order valence-electron chi connectivity index (χ2n) is 7.55. The summed E-state index contributed by atoms with van der Waals surface area (Å²) in [5, 5.41) is 2.92. The van der Waals surface area contributed by atoms with Gasteiger partial charge in [-0.25, -0.2) is 0 Å². The van der Waals surface area contributed by atoms with E-state index in [0.29, 0.717) is 19.0 Å². The van der Waals surface area contributed by atoms with E-state index in [9.17, 15) is 9.59 Å². The van der Waals surface area contributed by atoms with Gasteiger partial charge in [-0.05, 0) is 41.7 Å². The first-order valence-electron chi connectivity index (χ1n) is 9.04. The number of benzene rings is 1. The number of carbonyl (C=O) groups is 2. The van der Waals surface area contributed by atoms with E-state index in [1.54, 1.807) is 4.90 Å². The van der Waals surface area contributed by atoms with Gasteiger partial charge >= 0.3 is 11.8 Å². The minimum atomic E-state index is -0.514. The molecule has 0 unspecified atom stereocenters. The highest BCUT2D eigenvalue weighted by molar-refractivity contribution is 6.39. The van der Waals surface area contributed by atoms with Crippen LogP contribution in [0, 0.1) is 5.92 Å². The average Bonchev–Trinajstić information content (AvgIpc) is 2.54. The lowest BCUT2D eigenvalue weighted by atomic mass is 9.92. The number of para-hydroxylation sites is 1. The molecule has 2 amide bonds. The zero-order valence-corrected chi connectivity index (χ0v) is 15.6. The molecule has 0 aliphatic carbocycles. The number of likely N-dealkylation sites (tertiary alicyclic amines) is 1. The van der Waals surface area contributed by atoms with Gasteiger partial charge in [0.1, 0.15) is 0 Å². The van der Waals surface area contributed by atoms with E-state index in [0.717, 1.165) is 29.7 Å². The van der Waals surface area contributed by atoms with Crippen LogP contribution in [0.4, 0.5) is 5.69 Å². The summed E-state index contributed by atoms with van der Waals surface area (Å²) < 4.78 is 0. The summed E-state index contributed by atoms with van der Waals surface area (Å²) in [6.45, 7) is 11.9. The van der Waals surface area contributed by atoms with Crippen molar-refractivity contribution in [3.8, 4) is 0 Å². The average molecular weight is 330 g/mol. The molecule has 0 atom stereocenters. The van der Waals surface area contributed by atoms with E-state index in [1.807, 2.05) is 18.2 Å². The van der Waals surface area contributed by atoms with Gasteiger partial charge in [-0.15, -0.1) is 0 Å². The Bertz CT molecular complexity index is 573. The van der Waals surface area contributed by atoms with Crippen LogP contribution in [0.3, 0.4) is 0 Å². The third-order valence-electron chi connectivity index (χ3n) is 4.88. The zero-order valence-electron chi connectivity index (χ0n) is 15.6. The Morgan fingerprint density at radius 2 is 1.54 bits per heavy atom. The Hall–Kier alpha value is -1.84. The molecule has 1 aliphatic rings. The van der Waals surface area contributed by atoms with Crippen molar-refractivity contribution >= 4 is 17.5 Å². The molecule has 0 radical (unpaired) electrons. The van der Waals surface area contributed by atoms with Crippen molar-refractivity contribution in [1.82, 2.24) is 4.90 Å². The van der Waals surface area contributed by atoms with Crippen LogP contribution < -0.4 is 5.32 Å². The number of nitrogens with zero attached hydrogens (tertiary/aromatic N) is 1. The van der Waals surface area contributed by atoms with Gasteiger partial charge in [0.05, 0.1) is 0 Å². The molecule has 0 aromatic heterocycles. The number of carbonyl (C=O) groups excluding carboxylic acids is 2. The van der Waals surface area contributed by atoms with E-state index in [2.05, 4.69) is 39.9 Å². The molecule has 1 heterocycles. The van der Waals surface area contributed by atoms with Crippen molar-refractivity contribution < 1.29 is 9.59 Å². The maximum atomic E-state index is 12.5. The second kappa shape index (κ2) is 7.82. The minimum absolute atomic E-state index is 0.282. The van der Waals surface area contributed by atoms with Crippen molar-refractivity contribution in [2.24, 2.45) is 5.92 Å². The summed E-state index contributed by atoms with van der Waals surface area (Å²) in [4.78, 5) is 26.7. The van der Waals surface area contributed by atoms with Crippen LogP contribution in [0.25, 0.3) is 0 Å². The number of hydrogen-bond acceptors (Lipinski definition) is 2. The van der Waals surface area contributed by atoms with Gasteiger partial charge in [0.25, 0.3) is 0 Å². The Balaban J connectivity index is 2.20. The Morgan fingerprint density at radius 1 is 1.04 bits per heavy atom. The summed E-state index contributed by atoms with van der Waals surface area (Å²) in [6.07, 6.45) is 1.94. The molecular weight excluding hydrogens is 300 g/mol. The molecule has 24 heavy (non-hydrogen) atoms. The fourth-order valence-electron chi connectivity index (χ4n) is 3.22. The standard InChI is InChI=1S/C20H30N2O2/c1-13(2)16-7-6-8-17(14(3)4)18(16)21-19(23)20(24)22-11-9-15(5)10-12-22/h6-8,13-15H,9-12H2,1-5H3,(H,21,23). The monoisotopic (exact) mass is 330 g/mol. The van der Waals surface area contributed by atoms with Crippen LogP contribution in [-0.4, -0.2) is 29.8 Å². The van der Waals surface area contributed by atoms with Crippen molar-refractivity contribution in [2.45, 2.75) is 59.3 Å². The Kier molecular flexibility index (Phi) is 6.03. The number of piperidine rings is 1. The SMILES string of the molecule is CC1CCN(C(=O)C(=O)Nc2c(C(C)C)cccc2C(C)C)CC1. The number of anilines is 1. The summed E-state index contributed by atoms with van der Waals surface area (Å²) in [7, 11) is 0. The summed E-state index contributed by atoms with van der Waals surface area (Å²) in [5.41, 5.74) is 2.97. The fraction of sp³-hybridized carbons (Fsp3) is 0.600. The first kappa shape index (κ1) is 18.5. The van der Waals surface area contributed by atoms with E-state index in [-0.39, 0.29) is 11.8 Å². The Morgan fingerprint density at radius 3 is 2.00 bits per heavy atom. The highest BCUT2D eigenvalue weighted by atomic mass is 16.2. The van der Waals surface area contributed by atoms with Gasteiger partial charge in [0, 0.05) is 18.8 Å². The fourth-order valence-corrected chi connectivity index (χ4v) is 3.22. The molecule has 4 nitrogen and oxygen atoms in total. The molecule has 1 fully saturated rings. The van der Waals surface area contributed by atoms with Crippen LogP contribution in [0.15, 0.2) is 18.2 Å². The molecule has 132 valence electrons. The van der Waals surface area contributed by atoms with E-state index < -0.39 is 11.8 Å².